The lowest BCUT2D eigenvalue weighted by molar-refractivity contribution is -0.141. The van der Waals surface area contributed by atoms with Crippen LogP contribution in [-0.2, 0) is 4.79 Å². The van der Waals surface area contributed by atoms with Gasteiger partial charge in [0.2, 0.25) is 0 Å². The summed E-state index contributed by atoms with van der Waals surface area (Å²) in [6.45, 7) is 8.06. The van der Waals surface area contributed by atoms with Crippen molar-refractivity contribution in [1.82, 2.24) is 10.2 Å². The second-order valence-electron chi connectivity index (χ2n) is 5.19. The molecule has 110 valence electrons. The second-order valence-corrected chi connectivity index (χ2v) is 6.34. The van der Waals surface area contributed by atoms with Crippen molar-refractivity contribution in [2.24, 2.45) is 5.92 Å². The molecule has 0 spiro atoms. The summed E-state index contributed by atoms with van der Waals surface area (Å²) in [5.74, 6) is -0.216. The van der Waals surface area contributed by atoms with Crippen LogP contribution in [0.1, 0.15) is 40.5 Å². The summed E-state index contributed by atoms with van der Waals surface area (Å²) in [7, 11) is 0. The molecule has 1 heterocycles. The summed E-state index contributed by atoms with van der Waals surface area (Å²) in [5.41, 5.74) is 0. The van der Waals surface area contributed by atoms with Crippen LogP contribution in [0.25, 0.3) is 0 Å². The van der Waals surface area contributed by atoms with Crippen LogP contribution in [0.15, 0.2) is 0 Å². The third-order valence-corrected chi connectivity index (χ3v) is 5.06. The SMILES string of the molecule is CCC(CC)NC(=O)N1C(C(=O)O)CSC1C(C)C. The van der Waals surface area contributed by atoms with Crippen molar-refractivity contribution in [2.45, 2.75) is 58.0 Å². The van der Waals surface area contributed by atoms with Gasteiger partial charge in [0.1, 0.15) is 6.04 Å². The van der Waals surface area contributed by atoms with Crippen LogP contribution >= 0.6 is 11.8 Å². The predicted molar refractivity (Wildman–Crippen MR) is 77.2 cm³/mol. The first-order valence-electron chi connectivity index (χ1n) is 6.85. The smallest absolute Gasteiger partial charge is 0.327 e. The molecule has 0 aromatic rings. The van der Waals surface area contributed by atoms with Gasteiger partial charge < -0.3 is 10.4 Å². The topological polar surface area (TPSA) is 69.6 Å². The summed E-state index contributed by atoms with van der Waals surface area (Å²) in [5, 5.41) is 12.1. The molecule has 2 amide bonds. The van der Waals surface area contributed by atoms with Crippen LogP contribution in [0.4, 0.5) is 4.79 Å². The number of carbonyl (C=O) groups is 2. The standard InChI is InChI=1S/C13H24N2O3S/c1-5-9(6-2)14-13(18)15-10(12(16)17)7-19-11(15)8(3)4/h8-11H,5-7H2,1-4H3,(H,14,18)(H,16,17). The van der Waals surface area contributed by atoms with Crippen LogP contribution in [0, 0.1) is 5.92 Å². The van der Waals surface area contributed by atoms with E-state index >= 15 is 0 Å². The Morgan fingerprint density at radius 1 is 1.37 bits per heavy atom. The fourth-order valence-corrected chi connectivity index (χ4v) is 3.70. The predicted octanol–water partition coefficient (Wildman–Crippen LogP) is 2.37. The number of urea groups is 1. The van der Waals surface area contributed by atoms with E-state index in [0.29, 0.717) is 5.75 Å². The number of thioether (sulfide) groups is 1. The van der Waals surface area contributed by atoms with E-state index in [1.807, 2.05) is 27.7 Å². The average Bonchev–Trinajstić information content (AvgIpc) is 2.80. The van der Waals surface area contributed by atoms with Gasteiger partial charge in [-0.2, -0.15) is 0 Å². The molecule has 0 aromatic carbocycles. The molecule has 0 radical (unpaired) electrons. The van der Waals surface area contributed by atoms with E-state index in [9.17, 15) is 14.7 Å². The highest BCUT2D eigenvalue weighted by atomic mass is 32.2. The summed E-state index contributed by atoms with van der Waals surface area (Å²) in [4.78, 5) is 25.1. The number of hydrogen-bond acceptors (Lipinski definition) is 3. The van der Waals surface area contributed by atoms with Gasteiger partial charge in [-0.05, 0) is 18.8 Å². The number of amides is 2. The largest absolute Gasteiger partial charge is 0.480 e. The van der Waals surface area contributed by atoms with Crippen molar-refractivity contribution in [1.29, 1.82) is 0 Å². The fourth-order valence-electron chi connectivity index (χ4n) is 2.23. The summed E-state index contributed by atoms with van der Waals surface area (Å²) >= 11 is 1.55. The first kappa shape index (κ1) is 16.1. The minimum Gasteiger partial charge on any atom is -0.480 e. The molecule has 0 bridgehead atoms. The molecular formula is C13H24N2O3S. The van der Waals surface area contributed by atoms with E-state index in [1.165, 1.54) is 4.90 Å². The molecule has 19 heavy (non-hydrogen) atoms. The maximum Gasteiger partial charge on any atom is 0.327 e. The van der Waals surface area contributed by atoms with Crippen molar-refractivity contribution < 1.29 is 14.7 Å². The van der Waals surface area contributed by atoms with Crippen LogP contribution in [0.3, 0.4) is 0 Å². The first-order valence-corrected chi connectivity index (χ1v) is 7.90. The van der Waals surface area contributed by atoms with E-state index in [2.05, 4.69) is 5.32 Å². The van der Waals surface area contributed by atoms with Crippen molar-refractivity contribution in [2.75, 3.05) is 5.75 Å². The third-order valence-electron chi connectivity index (χ3n) is 3.44. The Morgan fingerprint density at radius 2 is 1.95 bits per heavy atom. The van der Waals surface area contributed by atoms with E-state index in [-0.39, 0.29) is 23.4 Å². The highest BCUT2D eigenvalue weighted by Crippen LogP contribution is 2.34. The zero-order chi connectivity index (χ0) is 14.6. The van der Waals surface area contributed by atoms with Crippen LogP contribution in [0.2, 0.25) is 0 Å². The first-order chi connectivity index (χ1) is 8.92. The molecule has 1 aliphatic heterocycles. The number of aliphatic carboxylic acids is 1. The molecule has 0 saturated carbocycles. The van der Waals surface area contributed by atoms with Gasteiger partial charge in [-0.1, -0.05) is 27.7 Å². The Bertz CT molecular complexity index is 332. The van der Waals surface area contributed by atoms with Crippen molar-refractivity contribution in [3.8, 4) is 0 Å². The molecule has 1 aliphatic rings. The minimum absolute atomic E-state index is 0.0598. The molecule has 0 aliphatic carbocycles. The zero-order valence-electron chi connectivity index (χ0n) is 12.0. The molecule has 6 heteroatoms. The molecule has 0 aromatic heterocycles. The number of carbonyl (C=O) groups excluding carboxylic acids is 1. The number of nitrogens with zero attached hydrogens (tertiary/aromatic N) is 1. The van der Waals surface area contributed by atoms with E-state index in [0.717, 1.165) is 12.8 Å². The normalized spacial score (nSPS) is 23.2. The lowest BCUT2D eigenvalue weighted by Gasteiger charge is -2.31. The molecule has 1 rings (SSSR count). The molecule has 2 N–H and O–H groups in total. The van der Waals surface area contributed by atoms with Crippen LogP contribution < -0.4 is 5.32 Å². The molecular weight excluding hydrogens is 264 g/mol. The molecule has 1 saturated heterocycles. The lowest BCUT2D eigenvalue weighted by Crippen LogP contribution is -2.53. The lowest BCUT2D eigenvalue weighted by atomic mass is 10.1. The Hall–Kier alpha value is -0.910. The number of nitrogens with one attached hydrogen (secondary N) is 1. The van der Waals surface area contributed by atoms with E-state index in [1.54, 1.807) is 11.8 Å². The Labute approximate surface area is 119 Å². The van der Waals surface area contributed by atoms with E-state index in [4.69, 9.17) is 0 Å². The Morgan fingerprint density at radius 3 is 2.37 bits per heavy atom. The van der Waals surface area contributed by atoms with Crippen molar-refractivity contribution in [3.63, 3.8) is 0 Å². The van der Waals surface area contributed by atoms with Crippen molar-refractivity contribution in [3.05, 3.63) is 0 Å². The maximum atomic E-state index is 12.3. The quantitative estimate of drug-likeness (QED) is 0.815. The van der Waals surface area contributed by atoms with Gasteiger partial charge in [0, 0.05) is 11.8 Å². The Kier molecular flexibility index (Phi) is 5.97. The molecule has 1 fully saturated rings. The number of carboxylic acid groups (broad SMARTS) is 1. The third kappa shape index (κ3) is 3.78. The monoisotopic (exact) mass is 288 g/mol. The van der Waals surface area contributed by atoms with Gasteiger partial charge in [0.05, 0.1) is 5.37 Å². The van der Waals surface area contributed by atoms with Gasteiger partial charge in [-0.25, -0.2) is 9.59 Å². The van der Waals surface area contributed by atoms with Gasteiger partial charge in [0.15, 0.2) is 0 Å². The van der Waals surface area contributed by atoms with Gasteiger partial charge >= 0.3 is 12.0 Å². The number of carboxylic acids is 1. The summed E-state index contributed by atoms with van der Waals surface area (Å²) < 4.78 is 0. The number of rotatable bonds is 5. The van der Waals surface area contributed by atoms with Gasteiger partial charge in [-0.3, -0.25) is 4.90 Å². The summed E-state index contributed by atoms with van der Waals surface area (Å²) in [6, 6.07) is -0.850. The zero-order valence-corrected chi connectivity index (χ0v) is 12.9. The van der Waals surface area contributed by atoms with Crippen LogP contribution in [0.5, 0.6) is 0 Å². The van der Waals surface area contributed by atoms with E-state index < -0.39 is 12.0 Å². The number of hydrogen-bond donors (Lipinski definition) is 2. The van der Waals surface area contributed by atoms with Gasteiger partial charge in [-0.15, -0.1) is 11.8 Å². The molecule has 5 nitrogen and oxygen atoms in total. The fraction of sp³-hybridized carbons (Fsp3) is 0.846. The molecule has 2 unspecified atom stereocenters. The summed E-state index contributed by atoms with van der Waals surface area (Å²) in [6.07, 6.45) is 1.71. The maximum absolute atomic E-state index is 12.3. The average molecular weight is 288 g/mol. The van der Waals surface area contributed by atoms with Crippen LogP contribution in [-0.4, -0.2) is 45.2 Å². The molecule has 2 atom stereocenters. The van der Waals surface area contributed by atoms with Gasteiger partial charge in [0.25, 0.3) is 0 Å². The Balaban J connectivity index is 2.83. The highest BCUT2D eigenvalue weighted by Gasteiger charge is 2.43. The second kappa shape index (κ2) is 7.03. The highest BCUT2D eigenvalue weighted by molar-refractivity contribution is 8.00. The van der Waals surface area contributed by atoms with Crippen molar-refractivity contribution >= 4 is 23.8 Å². The minimum atomic E-state index is -0.921.